The molecule has 2 aromatic rings. The van der Waals surface area contributed by atoms with Crippen LogP contribution in [0.3, 0.4) is 0 Å². The molecule has 2 saturated heterocycles. The van der Waals surface area contributed by atoms with Crippen LogP contribution in [0.15, 0.2) is 35.5 Å². The second kappa shape index (κ2) is 9.41. The van der Waals surface area contributed by atoms with E-state index in [1.807, 2.05) is 35.2 Å². The topological polar surface area (TPSA) is 100 Å². The number of aromatic nitrogens is 3. The summed E-state index contributed by atoms with van der Waals surface area (Å²) >= 11 is 1.33. The fourth-order valence-corrected chi connectivity index (χ4v) is 4.34. The van der Waals surface area contributed by atoms with Crippen molar-refractivity contribution in [1.29, 1.82) is 0 Å². The second-order valence-electron chi connectivity index (χ2n) is 7.30. The van der Waals surface area contributed by atoms with Crippen LogP contribution in [0.4, 0.5) is 5.69 Å². The zero-order valence-corrected chi connectivity index (χ0v) is 17.0. The molecule has 1 aromatic heterocycles. The molecule has 1 atom stereocenters. The van der Waals surface area contributed by atoms with Crippen LogP contribution in [0.1, 0.15) is 37.6 Å². The number of nitrogens with zero attached hydrogens (tertiary/aromatic N) is 3. The van der Waals surface area contributed by atoms with E-state index in [0.717, 1.165) is 31.0 Å². The first kappa shape index (κ1) is 19.9. The Labute approximate surface area is 173 Å². The van der Waals surface area contributed by atoms with Crippen LogP contribution in [-0.2, 0) is 14.3 Å². The molecule has 8 nitrogen and oxygen atoms in total. The maximum atomic E-state index is 12.5. The van der Waals surface area contributed by atoms with Crippen molar-refractivity contribution in [2.75, 3.05) is 30.8 Å². The summed E-state index contributed by atoms with van der Waals surface area (Å²) in [6.07, 6.45) is 3.34. The van der Waals surface area contributed by atoms with Gasteiger partial charge < -0.3 is 15.0 Å². The van der Waals surface area contributed by atoms with Gasteiger partial charge in [0.05, 0.1) is 5.75 Å². The Morgan fingerprint density at radius 3 is 2.72 bits per heavy atom. The smallest absolute Gasteiger partial charge is 0.233 e. The van der Waals surface area contributed by atoms with Crippen molar-refractivity contribution in [1.82, 2.24) is 20.1 Å². The van der Waals surface area contributed by atoms with Gasteiger partial charge in [-0.3, -0.25) is 14.7 Å². The molecule has 2 aliphatic rings. The number of ether oxygens (including phenoxy) is 1. The normalized spacial score (nSPS) is 20.0. The summed E-state index contributed by atoms with van der Waals surface area (Å²) in [6, 6.07) is 9.46. The SMILES string of the molecule is O=C(Nc1ccccc1)C1CCN(C(=O)CSc2n[nH]c([C@H]3CCCO3)n2)CC1. The number of rotatable bonds is 6. The fourth-order valence-electron chi connectivity index (χ4n) is 3.63. The molecule has 2 fully saturated rings. The van der Waals surface area contributed by atoms with Crippen LogP contribution in [0.2, 0.25) is 0 Å². The van der Waals surface area contributed by atoms with Gasteiger partial charge in [0.2, 0.25) is 17.0 Å². The van der Waals surface area contributed by atoms with Gasteiger partial charge in [0.15, 0.2) is 5.82 Å². The first-order valence-corrected chi connectivity index (χ1v) is 11.0. The van der Waals surface area contributed by atoms with Gasteiger partial charge in [-0.1, -0.05) is 30.0 Å². The van der Waals surface area contributed by atoms with E-state index < -0.39 is 0 Å². The van der Waals surface area contributed by atoms with Gasteiger partial charge in [-0.15, -0.1) is 5.10 Å². The lowest BCUT2D eigenvalue weighted by Crippen LogP contribution is -2.42. The van der Waals surface area contributed by atoms with E-state index in [-0.39, 0.29) is 23.8 Å². The highest BCUT2D eigenvalue weighted by molar-refractivity contribution is 7.99. The van der Waals surface area contributed by atoms with Crippen molar-refractivity contribution in [3.05, 3.63) is 36.2 Å². The Kier molecular flexibility index (Phi) is 6.46. The molecule has 4 rings (SSSR count). The van der Waals surface area contributed by atoms with Crippen LogP contribution in [0.25, 0.3) is 0 Å². The van der Waals surface area contributed by atoms with Gasteiger partial charge in [-0.2, -0.15) is 0 Å². The third-order valence-corrected chi connectivity index (χ3v) is 6.13. The van der Waals surface area contributed by atoms with Crippen molar-refractivity contribution in [3.63, 3.8) is 0 Å². The van der Waals surface area contributed by atoms with Crippen LogP contribution >= 0.6 is 11.8 Å². The van der Waals surface area contributed by atoms with E-state index >= 15 is 0 Å². The van der Waals surface area contributed by atoms with Crippen LogP contribution in [0, 0.1) is 5.92 Å². The van der Waals surface area contributed by atoms with Gasteiger partial charge in [0.25, 0.3) is 0 Å². The molecule has 0 spiro atoms. The first-order valence-electron chi connectivity index (χ1n) is 9.99. The Morgan fingerprint density at radius 1 is 1.21 bits per heavy atom. The third kappa shape index (κ3) is 5.16. The predicted molar refractivity (Wildman–Crippen MR) is 109 cm³/mol. The number of para-hydroxylation sites is 1. The average molecular weight is 416 g/mol. The lowest BCUT2D eigenvalue weighted by Gasteiger charge is -2.31. The predicted octanol–water partition coefficient (Wildman–Crippen LogP) is 2.63. The van der Waals surface area contributed by atoms with Crippen molar-refractivity contribution in [3.8, 4) is 0 Å². The molecule has 0 unspecified atom stereocenters. The van der Waals surface area contributed by atoms with E-state index in [9.17, 15) is 9.59 Å². The number of carbonyl (C=O) groups is 2. The number of likely N-dealkylation sites (tertiary alicyclic amines) is 1. The van der Waals surface area contributed by atoms with E-state index in [1.54, 1.807) is 0 Å². The van der Waals surface area contributed by atoms with Crippen LogP contribution in [0.5, 0.6) is 0 Å². The number of carbonyl (C=O) groups excluding carboxylic acids is 2. The maximum absolute atomic E-state index is 12.5. The molecular formula is C20H25N5O3S. The first-order chi connectivity index (χ1) is 14.2. The minimum atomic E-state index is -0.0612. The van der Waals surface area contributed by atoms with Crippen molar-refractivity contribution < 1.29 is 14.3 Å². The van der Waals surface area contributed by atoms with Gasteiger partial charge in [0.1, 0.15) is 6.10 Å². The zero-order chi connectivity index (χ0) is 20.1. The summed E-state index contributed by atoms with van der Waals surface area (Å²) in [5.41, 5.74) is 0.807. The molecule has 0 saturated carbocycles. The number of aromatic amines is 1. The molecular weight excluding hydrogens is 390 g/mol. The van der Waals surface area contributed by atoms with Crippen LogP contribution < -0.4 is 5.32 Å². The number of H-pyrrole nitrogens is 1. The van der Waals surface area contributed by atoms with Gasteiger partial charge in [-0.25, -0.2) is 4.98 Å². The van der Waals surface area contributed by atoms with E-state index in [4.69, 9.17) is 4.74 Å². The lowest BCUT2D eigenvalue weighted by atomic mass is 9.96. The number of piperidine rings is 1. The monoisotopic (exact) mass is 415 g/mol. The summed E-state index contributed by atoms with van der Waals surface area (Å²) in [6.45, 7) is 1.95. The fraction of sp³-hybridized carbons (Fsp3) is 0.500. The highest BCUT2D eigenvalue weighted by atomic mass is 32.2. The quantitative estimate of drug-likeness (QED) is 0.704. The minimum absolute atomic E-state index is 0.00591. The number of benzene rings is 1. The van der Waals surface area contributed by atoms with E-state index in [1.165, 1.54) is 11.8 Å². The molecule has 1 aromatic carbocycles. The molecule has 2 N–H and O–H groups in total. The molecule has 0 bridgehead atoms. The van der Waals surface area contributed by atoms with E-state index in [2.05, 4.69) is 20.5 Å². The highest BCUT2D eigenvalue weighted by Gasteiger charge is 2.28. The maximum Gasteiger partial charge on any atom is 0.233 e. The Morgan fingerprint density at radius 2 is 2.00 bits per heavy atom. The molecule has 9 heteroatoms. The standard InChI is InChI=1S/C20H25N5O3S/c26-17(13-29-20-22-18(23-24-20)16-7-4-12-28-16)25-10-8-14(9-11-25)19(27)21-15-5-2-1-3-6-15/h1-3,5-6,14,16H,4,7-13H2,(H,21,27)(H,22,23,24)/t16-/m1/s1. The number of hydrogen-bond donors (Lipinski definition) is 2. The Bertz CT molecular complexity index is 830. The number of nitrogens with one attached hydrogen (secondary N) is 2. The Hall–Kier alpha value is -2.39. The van der Waals surface area contributed by atoms with Crippen molar-refractivity contribution in [2.24, 2.45) is 5.92 Å². The second-order valence-corrected chi connectivity index (χ2v) is 8.25. The van der Waals surface area contributed by atoms with E-state index in [0.29, 0.717) is 36.8 Å². The lowest BCUT2D eigenvalue weighted by molar-refractivity contribution is -0.132. The van der Waals surface area contributed by atoms with Crippen LogP contribution in [-0.4, -0.2) is 57.3 Å². The van der Waals surface area contributed by atoms with Gasteiger partial charge in [-0.05, 0) is 37.8 Å². The van der Waals surface area contributed by atoms with Gasteiger partial charge >= 0.3 is 0 Å². The molecule has 3 heterocycles. The molecule has 0 radical (unpaired) electrons. The number of amides is 2. The number of anilines is 1. The zero-order valence-electron chi connectivity index (χ0n) is 16.2. The van der Waals surface area contributed by atoms with Crippen molar-refractivity contribution >= 4 is 29.3 Å². The minimum Gasteiger partial charge on any atom is -0.370 e. The number of hydrogen-bond acceptors (Lipinski definition) is 6. The van der Waals surface area contributed by atoms with Crippen molar-refractivity contribution in [2.45, 2.75) is 36.9 Å². The summed E-state index contributed by atoms with van der Waals surface area (Å²) < 4.78 is 5.59. The summed E-state index contributed by atoms with van der Waals surface area (Å²) in [4.78, 5) is 31.2. The molecule has 29 heavy (non-hydrogen) atoms. The summed E-state index contributed by atoms with van der Waals surface area (Å²) in [5, 5.41) is 10.6. The molecule has 0 aliphatic carbocycles. The third-order valence-electron chi connectivity index (χ3n) is 5.30. The average Bonchev–Trinajstić information content (AvgIpc) is 3.45. The molecule has 2 aliphatic heterocycles. The Balaban J connectivity index is 1.20. The largest absolute Gasteiger partial charge is 0.370 e. The highest BCUT2D eigenvalue weighted by Crippen LogP contribution is 2.27. The number of thioether (sulfide) groups is 1. The molecule has 2 amide bonds. The summed E-state index contributed by atoms with van der Waals surface area (Å²) in [5.74, 6) is 1.06. The summed E-state index contributed by atoms with van der Waals surface area (Å²) in [7, 11) is 0. The van der Waals surface area contributed by atoms with Gasteiger partial charge in [0, 0.05) is 31.3 Å². The molecule has 154 valence electrons.